The van der Waals surface area contributed by atoms with E-state index in [0.29, 0.717) is 5.56 Å². The van der Waals surface area contributed by atoms with Gasteiger partial charge in [-0.15, -0.1) is 0 Å². The Hall–Kier alpha value is -3.04. The van der Waals surface area contributed by atoms with Crippen molar-refractivity contribution in [1.29, 1.82) is 0 Å². The summed E-state index contributed by atoms with van der Waals surface area (Å²) >= 11 is 8.73. The molecule has 2 aromatic carbocycles. The molecule has 7 nitrogen and oxygen atoms in total. The number of amides is 2. The van der Waals surface area contributed by atoms with Gasteiger partial charge in [-0.05, 0) is 84.0 Å². The summed E-state index contributed by atoms with van der Waals surface area (Å²) in [5, 5.41) is 11.6. The largest absolute Gasteiger partial charge is 0.478 e. The van der Waals surface area contributed by atoms with Crippen molar-refractivity contribution in [3.8, 4) is 0 Å². The van der Waals surface area contributed by atoms with Gasteiger partial charge < -0.3 is 10.0 Å². The highest BCUT2D eigenvalue weighted by molar-refractivity contribution is 9.10. The van der Waals surface area contributed by atoms with Crippen LogP contribution in [0.25, 0.3) is 6.08 Å². The number of carbonyl (C=O) groups is 3. The Labute approximate surface area is 193 Å². The molecule has 0 aliphatic carbocycles. The molecule has 0 saturated carbocycles. The molecule has 0 unspecified atom stereocenters. The molecule has 0 aromatic heterocycles. The Morgan fingerprint density at radius 3 is 2.52 bits per heavy atom. The van der Waals surface area contributed by atoms with E-state index in [4.69, 9.17) is 12.2 Å². The van der Waals surface area contributed by atoms with E-state index < -0.39 is 17.8 Å². The minimum atomic E-state index is -1.13. The molecule has 2 N–H and O–H groups in total. The van der Waals surface area contributed by atoms with Crippen LogP contribution in [0.4, 0.5) is 11.4 Å². The fraction of sp³-hybridized carbons (Fsp3) is 0.182. The first kappa shape index (κ1) is 22.6. The van der Waals surface area contributed by atoms with Crippen LogP contribution < -0.4 is 15.1 Å². The lowest BCUT2D eigenvalue weighted by Gasteiger charge is -2.29. The lowest BCUT2D eigenvalue weighted by Crippen LogP contribution is -2.54. The third kappa shape index (κ3) is 4.67. The Bertz CT molecular complexity index is 1110. The third-order valence-corrected chi connectivity index (χ3v) is 5.76. The number of carbonyl (C=O) groups excluding carboxylic acids is 2. The van der Waals surface area contributed by atoms with Gasteiger partial charge in [-0.2, -0.15) is 0 Å². The number of hydrogen-bond acceptors (Lipinski definition) is 5. The number of nitrogens with one attached hydrogen (secondary N) is 1. The first-order valence-electron chi connectivity index (χ1n) is 9.56. The molecule has 3 rings (SSSR count). The molecule has 2 aromatic rings. The zero-order valence-electron chi connectivity index (χ0n) is 16.9. The number of hydrogen-bond donors (Lipinski definition) is 2. The van der Waals surface area contributed by atoms with Crippen LogP contribution in [0.15, 0.2) is 52.5 Å². The maximum absolute atomic E-state index is 13.1. The zero-order valence-corrected chi connectivity index (χ0v) is 19.3. The summed E-state index contributed by atoms with van der Waals surface area (Å²) in [4.78, 5) is 40.2. The predicted octanol–water partition coefficient (Wildman–Crippen LogP) is 3.82. The molecule has 2 amide bonds. The number of nitrogens with zero attached hydrogens (tertiary/aromatic N) is 2. The second-order valence-corrected chi connectivity index (χ2v) is 7.94. The average Bonchev–Trinajstić information content (AvgIpc) is 2.73. The average molecular weight is 502 g/mol. The topological polar surface area (TPSA) is 90.0 Å². The molecule has 160 valence electrons. The third-order valence-electron chi connectivity index (χ3n) is 4.84. The number of rotatable bonds is 6. The lowest BCUT2D eigenvalue weighted by atomic mass is 10.1. The summed E-state index contributed by atoms with van der Waals surface area (Å²) < 4.78 is 0.843. The van der Waals surface area contributed by atoms with Gasteiger partial charge in [0.15, 0.2) is 5.11 Å². The number of aromatic carboxylic acids is 1. The van der Waals surface area contributed by atoms with E-state index in [1.54, 1.807) is 6.07 Å². The van der Waals surface area contributed by atoms with Gasteiger partial charge in [0.25, 0.3) is 11.8 Å². The van der Waals surface area contributed by atoms with Gasteiger partial charge in [-0.3, -0.25) is 19.8 Å². The standard InChI is InChI=1S/C22H20BrN3O4S/c1-3-25(4-2)18-9-8-13(11-17(18)23)10-16-19(27)24-22(31)26(20(16)28)15-7-5-6-14(12-15)21(29)30/h5-12H,3-4H2,1-2H3,(H,29,30)(H,24,27,31). The minimum absolute atomic E-state index is 0.00597. The van der Waals surface area contributed by atoms with E-state index in [1.165, 1.54) is 24.3 Å². The molecule has 9 heteroatoms. The highest BCUT2D eigenvalue weighted by Crippen LogP contribution is 2.29. The molecule has 1 saturated heterocycles. The summed E-state index contributed by atoms with van der Waals surface area (Å²) in [6, 6.07) is 11.4. The van der Waals surface area contributed by atoms with Crippen molar-refractivity contribution in [2.45, 2.75) is 13.8 Å². The van der Waals surface area contributed by atoms with E-state index in [2.05, 4.69) is 40.0 Å². The summed E-state index contributed by atoms with van der Waals surface area (Å²) in [5.74, 6) is -2.36. The number of thiocarbonyl (C=S) groups is 1. The fourth-order valence-corrected chi connectivity index (χ4v) is 4.20. The monoisotopic (exact) mass is 501 g/mol. The van der Waals surface area contributed by atoms with E-state index >= 15 is 0 Å². The first-order valence-corrected chi connectivity index (χ1v) is 10.8. The van der Waals surface area contributed by atoms with E-state index in [1.807, 2.05) is 18.2 Å². The van der Waals surface area contributed by atoms with Crippen molar-refractivity contribution in [1.82, 2.24) is 5.32 Å². The van der Waals surface area contributed by atoms with Crippen LogP contribution in [0.5, 0.6) is 0 Å². The SMILES string of the molecule is CCN(CC)c1ccc(C=C2C(=O)NC(=S)N(c3cccc(C(=O)O)c3)C2=O)cc1Br. The van der Waals surface area contributed by atoms with Crippen molar-refractivity contribution in [2.75, 3.05) is 22.9 Å². The van der Waals surface area contributed by atoms with Crippen molar-refractivity contribution in [3.63, 3.8) is 0 Å². The molecule has 1 aliphatic heterocycles. The van der Waals surface area contributed by atoms with Gasteiger partial charge in [0, 0.05) is 17.6 Å². The number of halogens is 1. The second-order valence-electron chi connectivity index (χ2n) is 6.70. The number of anilines is 2. The lowest BCUT2D eigenvalue weighted by molar-refractivity contribution is -0.122. The number of benzene rings is 2. The summed E-state index contributed by atoms with van der Waals surface area (Å²) in [6.07, 6.45) is 1.49. The molecule has 31 heavy (non-hydrogen) atoms. The maximum Gasteiger partial charge on any atom is 0.335 e. The van der Waals surface area contributed by atoms with E-state index in [9.17, 15) is 19.5 Å². The van der Waals surface area contributed by atoms with Gasteiger partial charge in [-0.1, -0.05) is 12.1 Å². The second kappa shape index (κ2) is 9.40. The van der Waals surface area contributed by atoms with Crippen LogP contribution in [0, 0.1) is 0 Å². The molecular weight excluding hydrogens is 482 g/mol. The molecule has 1 aliphatic rings. The van der Waals surface area contributed by atoms with Gasteiger partial charge >= 0.3 is 5.97 Å². The molecule has 1 heterocycles. The van der Waals surface area contributed by atoms with Crippen LogP contribution in [0.3, 0.4) is 0 Å². The van der Waals surface area contributed by atoms with Crippen molar-refractivity contribution < 1.29 is 19.5 Å². The Morgan fingerprint density at radius 1 is 1.19 bits per heavy atom. The summed E-state index contributed by atoms with van der Waals surface area (Å²) in [6.45, 7) is 5.82. The van der Waals surface area contributed by atoms with Crippen molar-refractivity contribution in [2.24, 2.45) is 0 Å². The highest BCUT2D eigenvalue weighted by Gasteiger charge is 2.34. The van der Waals surface area contributed by atoms with Crippen molar-refractivity contribution >= 4 is 68.5 Å². The van der Waals surface area contributed by atoms with Crippen LogP contribution in [-0.4, -0.2) is 41.1 Å². The molecule has 0 atom stereocenters. The Balaban J connectivity index is 1.98. The molecule has 0 radical (unpaired) electrons. The summed E-state index contributed by atoms with van der Waals surface area (Å²) in [7, 11) is 0. The van der Waals surface area contributed by atoms with Crippen LogP contribution in [0.2, 0.25) is 0 Å². The fourth-order valence-electron chi connectivity index (χ4n) is 3.27. The van der Waals surface area contributed by atoms with Gasteiger partial charge in [0.2, 0.25) is 0 Å². The number of carboxylic acids is 1. The van der Waals surface area contributed by atoms with Gasteiger partial charge in [0.1, 0.15) is 5.57 Å². The predicted molar refractivity (Wildman–Crippen MR) is 127 cm³/mol. The van der Waals surface area contributed by atoms with Crippen molar-refractivity contribution in [3.05, 3.63) is 63.6 Å². The Kier molecular flexibility index (Phi) is 6.87. The quantitative estimate of drug-likeness (QED) is 0.355. The number of carboxylic acid groups (broad SMARTS) is 1. The Morgan fingerprint density at radius 2 is 1.90 bits per heavy atom. The van der Waals surface area contributed by atoms with Crippen LogP contribution in [-0.2, 0) is 9.59 Å². The van der Waals surface area contributed by atoms with E-state index in [0.717, 1.165) is 28.1 Å². The molecule has 0 bridgehead atoms. The molecule has 1 fully saturated rings. The summed E-state index contributed by atoms with van der Waals surface area (Å²) in [5.41, 5.74) is 1.84. The molecule has 0 spiro atoms. The maximum atomic E-state index is 13.1. The van der Waals surface area contributed by atoms with Crippen LogP contribution in [0.1, 0.15) is 29.8 Å². The van der Waals surface area contributed by atoms with Crippen LogP contribution >= 0.6 is 28.1 Å². The zero-order chi connectivity index (χ0) is 22.7. The van der Waals surface area contributed by atoms with Gasteiger partial charge in [-0.25, -0.2) is 4.79 Å². The normalized spacial score (nSPS) is 15.3. The van der Waals surface area contributed by atoms with E-state index in [-0.39, 0.29) is 21.9 Å². The smallest absolute Gasteiger partial charge is 0.335 e. The first-order chi connectivity index (χ1) is 14.8. The highest BCUT2D eigenvalue weighted by atomic mass is 79.9. The minimum Gasteiger partial charge on any atom is -0.478 e. The van der Waals surface area contributed by atoms with Gasteiger partial charge in [0.05, 0.1) is 16.9 Å². The molecular formula is C22H20BrN3O4S.